The lowest BCUT2D eigenvalue weighted by molar-refractivity contribution is -0.172. The molecule has 2 fully saturated rings. The number of carbonyl (C=O) groups excluding carboxylic acids is 2. The smallest absolute Gasteiger partial charge is 0.324 e. The van der Waals surface area contributed by atoms with E-state index in [1.165, 1.54) is 0 Å². The van der Waals surface area contributed by atoms with Crippen molar-refractivity contribution in [2.45, 2.75) is 32.3 Å². The SMILES string of the molecule is C=C(c1ccccc1)[C@H]1C[C@]2(C(=O)OCC)C[C@@]1(C)OC2=O. The van der Waals surface area contributed by atoms with Gasteiger partial charge in [-0.1, -0.05) is 36.9 Å². The molecule has 0 unspecified atom stereocenters. The van der Waals surface area contributed by atoms with Crippen LogP contribution < -0.4 is 0 Å². The van der Waals surface area contributed by atoms with Crippen LogP contribution in [0.3, 0.4) is 0 Å². The minimum Gasteiger partial charge on any atom is -0.465 e. The van der Waals surface area contributed by atoms with Crippen LogP contribution in [0, 0.1) is 11.3 Å². The molecule has 0 amide bonds. The number of esters is 2. The molecule has 0 radical (unpaired) electrons. The Morgan fingerprint density at radius 1 is 1.41 bits per heavy atom. The van der Waals surface area contributed by atoms with Gasteiger partial charge in [-0.25, -0.2) is 0 Å². The van der Waals surface area contributed by atoms with Crippen molar-refractivity contribution in [1.29, 1.82) is 0 Å². The van der Waals surface area contributed by atoms with Crippen molar-refractivity contribution in [2.75, 3.05) is 6.61 Å². The van der Waals surface area contributed by atoms with Gasteiger partial charge in [0, 0.05) is 12.3 Å². The molecule has 1 heterocycles. The summed E-state index contributed by atoms with van der Waals surface area (Å²) in [5.41, 5.74) is 0.0716. The maximum Gasteiger partial charge on any atom is 0.324 e. The summed E-state index contributed by atoms with van der Waals surface area (Å²) >= 11 is 0. The molecule has 3 atom stereocenters. The van der Waals surface area contributed by atoms with Crippen molar-refractivity contribution in [2.24, 2.45) is 11.3 Å². The molecule has 1 aliphatic carbocycles. The van der Waals surface area contributed by atoms with Crippen LogP contribution in [0.5, 0.6) is 0 Å². The molecule has 2 aliphatic rings. The van der Waals surface area contributed by atoms with Crippen LogP contribution in [-0.2, 0) is 19.1 Å². The number of ether oxygens (including phenoxy) is 2. The highest BCUT2D eigenvalue weighted by Gasteiger charge is 2.70. The van der Waals surface area contributed by atoms with Gasteiger partial charge in [-0.2, -0.15) is 0 Å². The van der Waals surface area contributed by atoms with Crippen LogP contribution >= 0.6 is 0 Å². The predicted octanol–water partition coefficient (Wildman–Crippen LogP) is 2.97. The minimum absolute atomic E-state index is 0.0722. The molecule has 3 rings (SSSR count). The minimum atomic E-state index is -1.16. The molecular formula is C18H20O4. The molecule has 1 saturated carbocycles. The van der Waals surface area contributed by atoms with Gasteiger partial charge in [-0.05, 0) is 31.4 Å². The van der Waals surface area contributed by atoms with E-state index >= 15 is 0 Å². The maximum absolute atomic E-state index is 12.3. The quantitative estimate of drug-likeness (QED) is 0.633. The standard InChI is InChI=1S/C18H20O4/c1-4-21-15(19)18-10-14(17(3,11-18)22-16(18)20)12(2)13-8-6-5-7-9-13/h5-9,14H,2,4,10-11H2,1,3H3/t14-,17-,18-/m1/s1. The van der Waals surface area contributed by atoms with Crippen molar-refractivity contribution in [1.82, 2.24) is 0 Å². The molecule has 0 aromatic heterocycles. The molecular weight excluding hydrogens is 280 g/mol. The van der Waals surface area contributed by atoms with E-state index in [9.17, 15) is 9.59 Å². The second-order valence-electron chi connectivity index (χ2n) is 6.33. The first-order valence-electron chi connectivity index (χ1n) is 7.58. The van der Waals surface area contributed by atoms with E-state index in [4.69, 9.17) is 9.47 Å². The van der Waals surface area contributed by atoms with Gasteiger partial charge in [0.2, 0.25) is 0 Å². The highest BCUT2D eigenvalue weighted by atomic mass is 16.6. The first-order valence-corrected chi connectivity index (χ1v) is 7.58. The van der Waals surface area contributed by atoms with E-state index in [0.29, 0.717) is 12.8 Å². The van der Waals surface area contributed by atoms with Crippen molar-refractivity contribution in [3.05, 3.63) is 42.5 Å². The zero-order chi connectivity index (χ0) is 16.0. The van der Waals surface area contributed by atoms with Gasteiger partial charge in [0.15, 0.2) is 5.41 Å². The average molecular weight is 300 g/mol. The Kier molecular flexibility index (Phi) is 3.35. The van der Waals surface area contributed by atoms with Crippen molar-refractivity contribution < 1.29 is 19.1 Å². The lowest BCUT2D eigenvalue weighted by atomic mass is 9.80. The Bertz CT molecular complexity index is 636. The van der Waals surface area contributed by atoms with Crippen LogP contribution in [0.1, 0.15) is 32.3 Å². The molecule has 1 aromatic carbocycles. The fourth-order valence-corrected chi connectivity index (χ4v) is 3.78. The molecule has 4 heteroatoms. The summed E-state index contributed by atoms with van der Waals surface area (Å²) in [5, 5.41) is 0. The van der Waals surface area contributed by atoms with E-state index < -0.39 is 23.0 Å². The first-order chi connectivity index (χ1) is 10.4. The molecule has 2 bridgehead atoms. The van der Waals surface area contributed by atoms with Gasteiger partial charge in [0.05, 0.1) is 6.61 Å². The highest BCUT2D eigenvalue weighted by Crippen LogP contribution is 2.60. The third-order valence-electron chi connectivity index (χ3n) is 4.89. The molecule has 22 heavy (non-hydrogen) atoms. The Morgan fingerprint density at radius 3 is 2.73 bits per heavy atom. The van der Waals surface area contributed by atoms with Crippen LogP contribution in [0.15, 0.2) is 36.9 Å². The van der Waals surface area contributed by atoms with E-state index in [1.807, 2.05) is 37.3 Å². The summed E-state index contributed by atoms with van der Waals surface area (Å²) in [6, 6.07) is 9.80. The Morgan fingerprint density at radius 2 is 2.09 bits per heavy atom. The van der Waals surface area contributed by atoms with Gasteiger partial charge >= 0.3 is 11.9 Å². The maximum atomic E-state index is 12.3. The fourth-order valence-electron chi connectivity index (χ4n) is 3.78. The molecule has 0 N–H and O–H groups in total. The van der Waals surface area contributed by atoms with Crippen LogP contribution in [0.25, 0.3) is 5.57 Å². The van der Waals surface area contributed by atoms with Gasteiger partial charge in [0.25, 0.3) is 0 Å². The van der Waals surface area contributed by atoms with E-state index in [0.717, 1.165) is 11.1 Å². The van der Waals surface area contributed by atoms with Gasteiger partial charge in [0.1, 0.15) is 5.60 Å². The molecule has 1 saturated heterocycles. The zero-order valence-corrected chi connectivity index (χ0v) is 12.9. The van der Waals surface area contributed by atoms with E-state index in [1.54, 1.807) is 6.92 Å². The lowest BCUT2D eigenvalue weighted by Gasteiger charge is -2.34. The summed E-state index contributed by atoms with van der Waals surface area (Å²) in [7, 11) is 0. The van der Waals surface area contributed by atoms with Crippen molar-refractivity contribution in [3.63, 3.8) is 0 Å². The Hall–Kier alpha value is -2.10. The third-order valence-corrected chi connectivity index (χ3v) is 4.89. The fraction of sp³-hybridized carbons (Fsp3) is 0.444. The number of hydrogen-bond donors (Lipinski definition) is 0. The zero-order valence-electron chi connectivity index (χ0n) is 12.9. The largest absolute Gasteiger partial charge is 0.465 e. The Balaban J connectivity index is 1.92. The number of fused-ring (bicyclic) bond motifs is 2. The number of benzene rings is 1. The first kappa shape index (κ1) is 14.8. The average Bonchev–Trinajstić information content (AvgIpc) is 2.95. The summed E-state index contributed by atoms with van der Waals surface area (Å²) in [5.74, 6) is -0.991. The summed E-state index contributed by atoms with van der Waals surface area (Å²) in [6.45, 7) is 8.07. The summed E-state index contributed by atoms with van der Waals surface area (Å²) in [6.07, 6.45) is 0.781. The molecule has 1 aromatic rings. The summed E-state index contributed by atoms with van der Waals surface area (Å²) in [4.78, 5) is 24.6. The molecule has 1 aliphatic heterocycles. The second kappa shape index (κ2) is 4.97. The van der Waals surface area contributed by atoms with Crippen molar-refractivity contribution in [3.8, 4) is 0 Å². The monoisotopic (exact) mass is 300 g/mol. The molecule has 4 nitrogen and oxygen atoms in total. The van der Waals surface area contributed by atoms with E-state index in [2.05, 4.69) is 6.58 Å². The van der Waals surface area contributed by atoms with E-state index in [-0.39, 0.29) is 12.5 Å². The highest BCUT2D eigenvalue weighted by molar-refractivity contribution is 6.03. The third kappa shape index (κ3) is 1.97. The van der Waals surface area contributed by atoms with Gasteiger partial charge in [-0.15, -0.1) is 0 Å². The predicted molar refractivity (Wildman–Crippen MR) is 81.8 cm³/mol. The summed E-state index contributed by atoms with van der Waals surface area (Å²) < 4.78 is 10.7. The number of hydrogen-bond acceptors (Lipinski definition) is 4. The van der Waals surface area contributed by atoms with Crippen molar-refractivity contribution >= 4 is 17.5 Å². The van der Waals surface area contributed by atoms with Crippen LogP contribution in [0.4, 0.5) is 0 Å². The second-order valence-corrected chi connectivity index (χ2v) is 6.33. The van der Waals surface area contributed by atoms with Crippen LogP contribution in [0.2, 0.25) is 0 Å². The number of rotatable bonds is 4. The normalized spacial score (nSPS) is 32.6. The number of carbonyl (C=O) groups is 2. The van der Waals surface area contributed by atoms with Gasteiger partial charge in [-0.3, -0.25) is 9.59 Å². The Labute approximate surface area is 130 Å². The topological polar surface area (TPSA) is 52.6 Å². The molecule has 116 valence electrons. The van der Waals surface area contributed by atoms with Crippen LogP contribution in [-0.4, -0.2) is 24.1 Å². The molecule has 0 spiro atoms. The lowest BCUT2D eigenvalue weighted by Crippen LogP contribution is -2.41. The van der Waals surface area contributed by atoms with Gasteiger partial charge < -0.3 is 9.47 Å².